The first-order chi connectivity index (χ1) is 23.6. The molecule has 9 nitrogen and oxygen atoms in total. The number of hydrogen-bond acceptors (Lipinski definition) is 6. The first kappa shape index (κ1) is 36.0. The number of ether oxygens (including phenoxy) is 2. The Labute approximate surface area is 297 Å². The van der Waals surface area contributed by atoms with E-state index in [-0.39, 0.29) is 41.2 Å². The van der Waals surface area contributed by atoms with Gasteiger partial charge in [-0.3, -0.25) is 13.9 Å². The van der Waals surface area contributed by atoms with E-state index in [2.05, 4.69) is 5.32 Å². The van der Waals surface area contributed by atoms with Crippen molar-refractivity contribution in [2.24, 2.45) is 0 Å². The highest BCUT2D eigenvalue weighted by molar-refractivity contribution is 7.92. The van der Waals surface area contributed by atoms with E-state index in [0.717, 1.165) is 35.6 Å². The Hall–Kier alpha value is -4.25. The number of benzene rings is 4. The molecule has 2 amide bonds. The van der Waals surface area contributed by atoms with Crippen molar-refractivity contribution in [3.63, 3.8) is 0 Å². The number of hydrogen-bond donors (Lipinski definition) is 1. The molecule has 0 radical (unpaired) electrons. The summed E-state index contributed by atoms with van der Waals surface area (Å²) < 4.78 is 40.5. The molecule has 49 heavy (non-hydrogen) atoms. The van der Waals surface area contributed by atoms with Crippen molar-refractivity contribution in [3.8, 4) is 11.5 Å². The summed E-state index contributed by atoms with van der Waals surface area (Å²) in [6.07, 6.45) is 3.93. The van der Waals surface area contributed by atoms with Gasteiger partial charge in [-0.2, -0.15) is 0 Å². The maximum Gasteiger partial charge on any atom is 0.264 e. The minimum Gasteiger partial charge on any atom is -0.493 e. The molecule has 258 valence electrons. The van der Waals surface area contributed by atoms with Crippen LogP contribution < -0.4 is 19.1 Å². The number of sulfonamides is 1. The number of amides is 2. The third-order valence-corrected chi connectivity index (χ3v) is 11.0. The van der Waals surface area contributed by atoms with Crippen LogP contribution in [0.4, 0.5) is 5.69 Å². The fourth-order valence-electron chi connectivity index (χ4n) is 5.98. The van der Waals surface area contributed by atoms with E-state index in [1.54, 1.807) is 48.5 Å². The third-order valence-electron chi connectivity index (χ3n) is 8.59. The van der Waals surface area contributed by atoms with Crippen molar-refractivity contribution in [1.82, 2.24) is 10.2 Å². The fourth-order valence-corrected chi connectivity index (χ4v) is 7.88. The van der Waals surface area contributed by atoms with E-state index < -0.39 is 28.5 Å². The van der Waals surface area contributed by atoms with Crippen LogP contribution in [0.1, 0.15) is 36.8 Å². The number of methoxy groups -OCH3 is 2. The molecule has 0 aliphatic heterocycles. The van der Waals surface area contributed by atoms with E-state index in [0.29, 0.717) is 21.4 Å². The van der Waals surface area contributed by atoms with E-state index in [1.807, 2.05) is 30.3 Å². The Bertz CT molecular complexity index is 1850. The topological polar surface area (TPSA) is 105 Å². The highest BCUT2D eigenvalue weighted by atomic mass is 35.5. The van der Waals surface area contributed by atoms with Gasteiger partial charge in [0, 0.05) is 35.1 Å². The molecule has 1 saturated carbocycles. The molecule has 1 aliphatic carbocycles. The normalized spacial score (nSPS) is 13.8. The van der Waals surface area contributed by atoms with Crippen LogP contribution in [0.3, 0.4) is 0 Å². The average molecular weight is 725 g/mol. The lowest BCUT2D eigenvalue weighted by Gasteiger charge is -2.34. The molecule has 1 fully saturated rings. The molecule has 4 aromatic carbocycles. The molecular formula is C37H39Cl2N3O6S. The standard InChI is InChI=1S/C37H39Cl2N3O6S/c1-47-34-20-19-31(23-35(34)48-2)49(45,46)42(30-15-7-4-8-16-30)25-36(43)41(24-27-17-18-28(38)22-32(27)39)33(21-26-11-5-3-6-12-26)37(44)40-29-13-9-10-14-29/h3-8,11-12,15-20,22-23,29,33H,9-10,13-14,21,24-25H2,1-2H3,(H,40,44)/t33-/m1/s1. The number of nitrogens with one attached hydrogen (secondary N) is 1. The van der Waals surface area contributed by atoms with Gasteiger partial charge in [-0.1, -0.05) is 90.6 Å². The lowest BCUT2D eigenvalue weighted by atomic mass is 10.0. The molecule has 0 unspecified atom stereocenters. The molecular weight excluding hydrogens is 685 g/mol. The van der Waals surface area contributed by atoms with E-state index in [4.69, 9.17) is 32.7 Å². The van der Waals surface area contributed by atoms with Crippen LogP contribution in [0.15, 0.2) is 102 Å². The molecule has 4 aromatic rings. The van der Waals surface area contributed by atoms with Gasteiger partial charge in [-0.05, 0) is 60.4 Å². The van der Waals surface area contributed by atoms with E-state index >= 15 is 0 Å². The summed E-state index contributed by atoms with van der Waals surface area (Å²) in [5.74, 6) is -0.343. The monoisotopic (exact) mass is 723 g/mol. The van der Waals surface area contributed by atoms with Crippen molar-refractivity contribution in [3.05, 3.63) is 118 Å². The summed E-state index contributed by atoms with van der Waals surface area (Å²) in [4.78, 5) is 30.2. The van der Waals surface area contributed by atoms with E-state index in [9.17, 15) is 18.0 Å². The third kappa shape index (κ3) is 8.86. The summed E-state index contributed by atoms with van der Waals surface area (Å²) in [5.41, 5.74) is 1.66. The highest BCUT2D eigenvalue weighted by Crippen LogP contribution is 2.33. The number of nitrogens with zero attached hydrogens (tertiary/aromatic N) is 2. The zero-order valence-corrected chi connectivity index (χ0v) is 29.7. The first-order valence-corrected chi connectivity index (χ1v) is 18.2. The quantitative estimate of drug-likeness (QED) is 0.152. The first-order valence-electron chi connectivity index (χ1n) is 16.0. The number of halogens is 2. The van der Waals surface area contributed by atoms with Gasteiger partial charge in [0.1, 0.15) is 12.6 Å². The molecule has 0 saturated heterocycles. The minimum absolute atomic E-state index is 0.00640. The van der Waals surface area contributed by atoms with Crippen LogP contribution in [0.25, 0.3) is 0 Å². The Morgan fingerprint density at radius 3 is 2.14 bits per heavy atom. The van der Waals surface area contributed by atoms with Gasteiger partial charge in [0.2, 0.25) is 11.8 Å². The van der Waals surface area contributed by atoms with Crippen molar-refractivity contribution in [2.45, 2.75) is 55.6 Å². The number of carbonyl (C=O) groups excluding carboxylic acids is 2. The molecule has 0 aromatic heterocycles. The summed E-state index contributed by atoms with van der Waals surface area (Å²) in [6, 6.07) is 26.0. The molecule has 1 atom stereocenters. The fraction of sp³-hybridized carbons (Fsp3) is 0.297. The van der Waals surface area contributed by atoms with Crippen molar-refractivity contribution in [2.75, 3.05) is 25.1 Å². The van der Waals surface area contributed by atoms with Gasteiger partial charge in [-0.25, -0.2) is 8.42 Å². The molecule has 5 rings (SSSR count). The second kappa shape index (κ2) is 16.4. The van der Waals surface area contributed by atoms with Crippen molar-refractivity contribution in [1.29, 1.82) is 0 Å². The number of para-hydroxylation sites is 1. The van der Waals surface area contributed by atoms with Crippen LogP contribution >= 0.6 is 23.2 Å². The highest BCUT2D eigenvalue weighted by Gasteiger charge is 2.36. The lowest BCUT2D eigenvalue weighted by molar-refractivity contribution is -0.140. The Balaban J connectivity index is 1.58. The predicted octanol–water partition coefficient (Wildman–Crippen LogP) is 6.90. The van der Waals surface area contributed by atoms with Crippen LogP contribution in [-0.2, 0) is 32.6 Å². The van der Waals surface area contributed by atoms with Crippen LogP contribution in [0.2, 0.25) is 10.0 Å². The number of anilines is 1. The average Bonchev–Trinajstić information content (AvgIpc) is 3.62. The Morgan fingerprint density at radius 1 is 0.857 bits per heavy atom. The van der Waals surface area contributed by atoms with Crippen LogP contribution in [0.5, 0.6) is 11.5 Å². The molecule has 1 N–H and O–H groups in total. The molecule has 0 heterocycles. The maximum absolute atomic E-state index is 14.7. The summed E-state index contributed by atoms with van der Waals surface area (Å²) in [6.45, 7) is -0.669. The largest absolute Gasteiger partial charge is 0.493 e. The Morgan fingerprint density at radius 2 is 1.51 bits per heavy atom. The number of carbonyl (C=O) groups is 2. The van der Waals surface area contributed by atoms with Crippen LogP contribution in [0, 0.1) is 0 Å². The summed E-state index contributed by atoms with van der Waals surface area (Å²) in [7, 11) is -1.48. The Kier molecular flexibility index (Phi) is 12.1. The van der Waals surface area contributed by atoms with Gasteiger partial charge in [-0.15, -0.1) is 0 Å². The minimum atomic E-state index is -4.34. The zero-order chi connectivity index (χ0) is 35.0. The van der Waals surface area contributed by atoms with Gasteiger partial charge in [0.05, 0.1) is 24.8 Å². The van der Waals surface area contributed by atoms with Gasteiger partial charge in [0.25, 0.3) is 10.0 Å². The zero-order valence-electron chi connectivity index (χ0n) is 27.4. The summed E-state index contributed by atoms with van der Waals surface area (Å²) >= 11 is 12.8. The maximum atomic E-state index is 14.7. The SMILES string of the molecule is COc1ccc(S(=O)(=O)N(CC(=O)N(Cc2ccc(Cl)cc2Cl)[C@H](Cc2ccccc2)C(=O)NC2CCCC2)c2ccccc2)cc1OC. The molecule has 0 spiro atoms. The second-order valence-electron chi connectivity index (χ2n) is 11.8. The van der Waals surface area contributed by atoms with Crippen LogP contribution in [-0.4, -0.2) is 58.0 Å². The van der Waals surface area contributed by atoms with Crippen molar-refractivity contribution >= 4 is 50.7 Å². The number of rotatable bonds is 14. The van der Waals surface area contributed by atoms with E-state index in [1.165, 1.54) is 37.3 Å². The second-order valence-corrected chi connectivity index (χ2v) is 14.5. The van der Waals surface area contributed by atoms with Gasteiger partial charge < -0.3 is 19.7 Å². The smallest absolute Gasteiger partial charge is 0.264 e. The molecule has 0 bridgehead atoms. The predicted molar refractivity (Wildman–Crippen MR) is 192 cm³/mol. The lowest BCUT2D eigenvalue weighted by Crippen LogP contribution is -2.54. The van der Waals surface area contributed by atoms with Crippen molar-refractivity contribution < 1.29 is 27.5 Å². The molecule has 1 aliphatic rings. The summed E-state index contributed by atoms with van der Waals surface area (Å²) in [5, 5.41) is 3.90. The van der Waals surface area contributed by atoms with Gasteiger partial charge in [0.15, 0.2) is 11.5 Å². The molecule has 12 heteroatoms. The van der Waals surface area contributed by atoms with Gasteiger partial charge >= 0.3 is 0 Å².